The number of amidine groups is 1. The molecule has 24 heavy (non-hydrogen) atoms. The highest BCUT2D eigenvalue weighted by molar-refractivity contribution is 6.04. The van der Waals surface area contributed by atoms with E-state index in [0.717, 1.165) is 25.7 Å². The summed E-state index contributed by atoms with van der Waals surface area (Å²) in [6.45, 7) is 5.86. The Bertz CT molecular complexity index is 521. The van der Waals surface area contributed by atoms with Crippen LogP contribution in [0.15, 0.2) is 29.3 Å². The molecular weight excluding hydrogens is 311 g/mol. The molecule has 0 aliphatic carbocycles. The summed E-state index contributed by atoms with van der Waals surface area (Å²) in [5.74, 6) is -1.15. The van der Waals surface area contributed by atoms with Crippen LogP contribution in [-0.2, 0) is 9.47 Å². The summed E-state index contributed by atoms with van der Waals surface area (Å²) < 4.78 is 24.3. The van der Waals surface area contributed by atoms with Crippen molar-refractivity contribution < 1.29 is 18.7 Å². The molecule has 0 atom stereocenters. The summed E-state index contributed by atoms with van der Waals surface area (Å²) >= 11 is 0. The molecule has 0 fully saturated rings. The van der Waals surface area contributed by atoms with Gasteiger partial charge in [-0.15, -0.1) is 0 Å². The van der Waals surface area contributed by atoms with E-state index < -0.39 is 11.7 Å². The number of nitrogens with zero attached hydrogens (tertiary/aromatic N) is 1. The first-order valence-corrected chi connectivity index (χ1v) is 8.49. The molecule has 0 aliphatic rings. The van der Waals surface area contributed by atoms with E-state index in [9.17, 15) is 9.18 Å². The van der Waals surface area contributed by atoms with Gasteiger partial charge in [-0.1, -0.05) is 38.3 Å². The van der Waals surface area contributed by atoms with Gasteiger partial charge in [0, 0.05) is 13.2 Å². The van der Waals surface area contributed by atoms with Gasteiger partial charge in [-0.2, -0.15) is 0 Å². The Hall–Kier alpha value is -1.95. The minimum atomic E-state index is -0.577. The highest BCUT2D eigenvalue weighted by Crippen LogP contribution is 2.06. The van der Waals surface area contributed by atoms with E-state index in [1.807, 2.05) is 6.92 Å². The number of rotatable bonds is 10. The molecule has 0 unspecified atom stereocenters. The Balaban J connectivity index is 2.60. The fourth-order valence-corrected chi connectivity index (χ4v) is 1.99. The number of ether oxygens (including phenoxy) is 2. The second kappa shape index (κ2) is 12.5. The third-order valence-corrected chi connectivity index (χ3v) is 3.28. The topological polar surface area (TPSA) is 59.9 Å². The summed E-state index contributed by atoms with van der Waals surface area (Å²) in [6, 6.07) is 5.92. The van der Waals surface area contributed by atoms with E-state index in [0.29, 0.717) is 19.8 Å². The van der Waals surface area contributed by atoms with Crippen LogP contribution < -0.4 is 5.32 Å². The van der Waals surface area contributed by atoms with Gasteiger partial charge in [-0.3, -0.25) is 10.1 Å². The lowest BCUT2D eigenvalue weighted by atomic mass is 10.2. The van der Waals surface area contributed by atoms with E-state index in [4.69, 9.17) is 9.47 Å². The molecule has 1 aromatic carbocycles. The van der Waals surface area contributed by atoms with E-state index in [1.54, 1.807) is 6.07 Å². The van der Waals surface area contributed by atoms with Crippen LogP contribution in [0.2, 0.25) is 0 Å². The average Bonchev–Trinajstić information content (AvgIpc) is 2.58. The van der Waals surface area contributed by atoms with Crippen molar-refractivity contribution in [3.8, 4) is 0 Å². The largest absolute Gasteiger partial charge is 0.463 e. The van der Waals surface area contributed by atoms with Crippen molar-refractivity contribution in [2.75, 3.05) is 26.4 Å². The van der Waals surface area contributed by atoms with E-state index in [-0.39, 0.29) is 18.2 Å². The van der Waals surface area contributed by atoms with Gasteiger partial charge in [0.05, 0.1) is 12.2 Å². The zero-order valence-electron chi connectivity index (χ0n) is 14.5. The normalized spacial score (nSPS) is 11.4. The Labute approximate surface area is 143 Å². The van der Waals surface area contributed by atoms with Crippen molar-refractivity contribution in [1.82, 2.24) is 5.32 Å². The van der Waals surface area contributed by atoms with Crippen molar-refractivity contribution in [3.05, 3.63) is 35.6 Å². The lowest BCUT2D eigenvalue weighted by molar-refractivity contribution is 0.0919. The number of unbranched alkanes of at least 4 members (excludes halogenated alkanes) is 3. The monoisotopic (exact) mass is 338 g/mol. The van der Waals surface area contributed by atoms with Crippen molar-refractivity contribution >= 4 is 11.9 Å². The first kappa shape index (κ1) is 20.1. The summed E-state index contributed by atoms with van der Waals surface area (Å²) in [5, 5.41) is 2.54. The van der Waals surface area contributed by atoms with Gasteiger partial charge >= 0.3 is 0 Å². The van der Waals surface area contributed by atoms with E-state index >= 15 is 0 Å². The molecule has 5 nitrogen and oxygen atoms in total. The number of hydrogen-bond donors (Lipinski definition) is 1. The molecular formula is C18H27FN2O3. The molecule has 0 bridgehead atoms. The number of benzene rings is 1. The highest BCUT2D eigenvalue weighted by atomic mass is 19.1. The first-order chi connectivity index (χ1) is 11.7. The Morgan fingerprint density at radius 3 is 2.67 bits per heavy atom. The summed E-state index contributed by atoms with van der Waals surface area (Å²) in [7, 11) is 0. The number of carbonyl (C=O) groups is 1. The maximum Gasteiger partial charge on any atom is 0.291 e. The molecule has 0 spiro atoms. The summed E-state index contributed by atoms with van der Waals surface area (Å²) in [4.78, 5) is 16.4. The van der Waals surface area contributed by atoms with Crippen LogP contribution >= 0.6 is 0 Å². The van der Waals surface area contributed by atoms with Crippen molar-refractivity contribution in [1.29, 1.82) is 0 Å². The fourth-order valence-electron chi connectivity index (χ4n) is 1.99. The molecule has 0 aliphatic heterocycles. The molecule has 0 radical (unpaired) electrons. The maximum absolute atomic E-state index is 13.7. The molecule has 0 heterocycles. The van der Waals surface area contributed by atoms with Crippen LogP contribution in [0.25, 0.3) is 0 Å². The van der Waals surface area contributed by atoms with Gasteiger partial charge in [0.2, 0.25) is 0 Å². The third-order valence-electron chi connectivity index (χ3n) is 3.28. The highest BCUT2D eigenvalue weighted by Gasteiger charge is 2.13. The number of nitrogens with one attached hydrogen (secondary N) is 1. The number of carbonyl (C=O) groups excluding carboxylic acids is 1. The van der Waals surface area contributed by atoms with E-state index in [2.05, 4.69) is 17.2 Å². The summed E-state index contributed by atoms with van der Waals surface area (Å²) in [6.07, 6.45) is 4.29. The standard InChI is InChI=1S/C18H27FN2O3/c1-3-5-6-9-12-20-18(24-14-13-23-4-2)21-17(22)15-10-7-8-11-16(15)19/h7-8,10-11H,3-6,9,12-14H2,1-2H3,(H,20,21,22). The Kier molecular flexibility index (Phi) is 10.4. The molecule has 6 heteroatoms. The third kappa shape index (κ3) is 8.06. The molecule has 0 saturated carbocycles. The van der Waals surface area contributed by atoms with Crippen LogP contribution in [-0.4, -0.2) is 38.3 Å². The second-order valence-corrected chi connectivity index (χ2v) is 5.23. The molecule has 1 aromatic rings. The predicted molar refractivity (Wildman–Crippen MR) is 92.8 cm³/mol. The fraction of sp³-hybridized carbons (Fsp3) is 0.556. The van der Waals surface area contributed by atoms with Gasteiger partial charge in [-0.05, 0) is 25.5 Å². The zero-order valence-corrected chi connectivity index (χ0v) is 14.5. The van der Waals surface area contributed by atoms with Crippen LogP contribution in [0.5, 0.6) is 0 Å². The van der Waals surface area contributed by atoms with Gasteiger partial charge < -0.3 is 9.47 Å². The van der Waals surface area contributed by atoms with Crippen molar-refractivity contribution in [3.63, 3.8) is 0 Å². The molecule has 1 amide bonds. The molecule has 1 rings (SSSR count). The smallest absolute Gasteiger partial charge is 0.291 e. The van der Waals surface area contributed by atoms with Gasteiger partial charge in [0.1, 0.15) is 12.4 Å². The van der Waals surface area contributed by atoms with Crippen LogP contribution in [0.1, 0.15) is 49.9 Å². The minimum absolute atomic E-state index is 0.0374. The average molecular weight is 338 g/mol. The van der Waals surface area contributed by atoms with Crippen LogP contribution in [0.4, 0.5) is 4.39 Å². The van der Waals surface area contributed by atoms with Crippen molar-refractivity contribution in [2.45, 2.75) is 39.5 Å². The molecule has 134 valence electrons. The number of aliphatic imine (C=N–C) groups is 1. The molecule has 0 aromatic heterocycles. The maximum atomic E-state index is 13.7. The quantitative estimate of drug-likeness (QED) is 0.403. The number of amides is 1. The Morgan fingerprint density at radius 2 is 1.96 bits per heavy atom. The molecule has 0 saturated heterocycles. The minimum Gasteiger partial charge on any atom is -0.463 e. The van der Waals surface area contributed by atoms with Crippen LogP contribution in [0, 0.1) is 5.82 Å². The Morgan fingerprint density at radius 1 is 1.17 bits per heavy atom. The molecule has 1 N–H and O–H groups in total. The van der Waals surface area contributed by atoms with Gasteiger partial charge in [0.15, 0.2) is 0 Å². The lowest BCUT2D eigenvalue weighted by Gasteiger charge is -2.11. The van der Waals surface area contributed by atoms with Crippen LogP contribution in [0.3, 0.4) is 0 Å². The zero-order chi connectivity index (χ0) is 17.6. The number of hydrogen-bond acceptors (Lipinski definition) is 4. The lowest BCUT2D eigenvalue weighted by Crippen LogP contribution is -2.34. The number of halogens is 1. The van der Waals surface area contributed by atoms with E-state index in [1.165, 1.54) is 18.2 Å². The van der Waals surface area contributed by atoms with Gasteiger partial charge in [0.25, 0.3) is 11.9 Å². The first-order valence-electron chi connectivity index (χ1n) is 8.49. The predicted octanol–water partition coefficient (Wildman–Crippen LogP) is 3.54. The summed E-state index contributed by atoms with van der Waals surface area (Å²) in [5.41, 5.74) is -0.0374. The van der Waals surface area contributed by atoms with Crippen molar-refractivity contribution in [2.24, 2.45) is 4.99 Å². The van der Waals surface area contributed by atoms with Gasteiger partial charge in [-0.25, -0.2) is 9.38 Å². The SMILES string of the molecule is CCCCCCN=C(NC(=O)c1ccccc1F)OCCOCC. The second-order valence-electron chi connectivity index (χ2n) is 5.23.